The first kappa shape index (κ1) is 15.5. The smallest absolute Gasteiger partial charge is 0.270 e. The van der Waals surface area contributed by atoms with Gasteiger partial charge in [-0.05, 0) is 29.7 Å². The summed E-state index contributed by atoms with van der Waals surface area (Å²) < 4.78 is 5.08. The summed E-state index contributed by atoms with van der Waals surface area (Å²) in [6.45, 7) is 0.495. The highest BCUT2D eigenvalue weighted by molar-refractivity contribution is 5.84. The van der Waals surface area contributed by atoms with Crippen molar-refractivity contribution >= 4 is 11.9 Å². The zero-order chi connectivity index (χ0) is 15.9. The summed E-state index contributed by atoms with van der Waals surface area (Å²) in [5, 5.41) is 22.3. The third kappa shape index (κ3) is 4.05. The molecule has 0 saturated carbocycles. The topological polar surface area (TPSA) is 87.8 Å². The molecule has 0 N–H and O–H groups in total. The Morgan fingerprint density at radius 1 is 1.23 bits per heavy atom. The average molecular weight is 299 g/mol. The molecule has 0 fully saturated rings. The predicted octanol–water partition coefficient (Wildman–Crippen LogP) is 2.34. The van der Waals surface area contributed by atoms with E-state index in [1.807, 2.05) is 24.3 Å². The number of hydrogen-bond donors (Lipinski definition) is 0. The van der Waals surface area contributed by atoms with Crippen LogP contribution < -0.4 is 9.84 Å². The Bertz CT molecular complexity index is 681. The van der Waals surface area contributed by atoms with Crippen LogP contribution in [0.4, 0.5) is 5.69 Å². The molecule has 0 unspecified atom stereocenters. The van der Waals surface area contributed by atoms with E-state index in [2.05, 4.69) is 4.99 Å². The van der Waals surface area contributed by atoms with Gasteiger partial charge in [0, 0.05) is 24.9 Å². The fraction of sp³-hybridized carbons (Fsp3) is 0.188. The Morgan fingerprint density at radius 2 is 1.95 bits per heavy atom. The molecule has 0 aliphatic carbocycles. The van der Waals surface area contributed by atoms with Crippen molar-refractivity contribution in [3.8, 4) is 11.5 Å². The Balaban J connectivity index is 1.97. The summed E-state index contributed by atoms with van der Waals surface area (Å²) in [7, 11) is 1.61. The number of ether oxygens (including phenoxy) is 1. The molecule has 0 heterocycles. The molecular formula is C16H15N2O4-. The molecule has 0 aliphatic heterocycles. The van der Waals surface area contributed by atoms with Crippen molar-refractivity contribution in [2.45, 2.75) is 6.42 Å². The number of methoxy groups -OCH3 is 1. The van der Waals surface area contributed by atoms with Crippen molar-refractivity contribution in [3.05, 3.63) is 63.7 Å². The summed E-state index contributed by atoms with van der Waals surface area (Å²) in [5.74, 6) is 0.513. The van der Waals surface area contributed by atoms with Crippen LogP contribution in [0, 0.1) is 10.1 Å². The molecular weight excluding hydrogens is 284 g/mol. The average Bonchev–Trinajstić information content (AvgIpc) is 2.53. The highest BCUT2D eigenvalue weighted by atomic mass is 16.6. The van der Waals surface area contributed by atoms with E-state index in [9.17, 15) is 15.2 Å². The number of hydrogen-bond acceptors (Lipinski definition) is 5. The minimum absolute atomic E-state index is 0.115. The molecule has 2 aromatic carbocycles. The number of non-ortho nitro benzene ring substituents is 1. The fourth-order valence-corrected chi connectivity index (χ4v) is 1.90. The number of nitro benzene ring substituents is 1. The van der Waals surface area contributed by atoms with Crippen molar-refractivity contribution in [1.29, 1.82) is 0 Å². The Labute approximate surface area is 127 Å². The first-order chi connectivity index (χ1) is 10.6. The first-order valence-electron chi connectivity index (χ1n) is 6.68. The number of nitro groups is 1. The van der Waals surface area contributed by atoms with E-state index in [-0.39, 0.29) is 17.0 Å². The van der Waals surface area contributed by atoms with E-state index in [4.69, 9.17) is 4.74 Å². The Hall–Kier alpha value is -2.89. The lowest BCUT2D eigenvalue weighted by Gasteiger charge is -2.08. The largest absolute Gasteiger partial charge is 0.872 e. The standard InChI is InChI=1S/C16H16N2O4/c1-22-15-5-2-12(3-6-15)8-9-17-11-13-10-14(18(20)21)4-7-16(13)19/h2-7,10-11,19H,8-9H2,1H3/p-1. The van der Waals surface area contributed by atoms with Crippen LogP contribution in [0.2, 0.25) is 0 Å². The molecule has 2 aromatic rings. The van der Waals surface area contributed by atoms with E-state index in [0.29, 0.717) is 13.0 Å². The second kappa shape index (κ2) is 7.21. The van der Waals surface area contributed by atoms with E-state index < -0.39 is 4.92 Å². The third-order valence-electron chi connectivity index (χ3n) is 3.12. The molecule has 0 bridgehead atoms. The van der Waals surface area contributed by atoms with Gasteiger partial charge >= 0.3 is 0 Å². The van der Waals surface area contributed by atoms with Gasteiger partial charge in [-0.2, -0.15) is 0 Å². The van der Waals surface area contributed by atoms with Crippen molar-refractivity contribution < 1.29 is 14.8 Å². The second-order valence-electron chi connectivity index (χ2n) is 4.61. The normalized spacial score (nSPS) is 10.8. The highest BCUT2D eigenvalue weighted by Gasteiger charge is 2.05. The molecule has 6 heteroatoms. The second-order valence-corrected chi connectivity index (χ2v) is 4.61. The van der Waals surface area contributed by atoms with Crippen LogP contribution in [0.5, 0.6) is 11.5 Å². The number of rotatable bonds is 6. The van der Waals surface area contributed by atoms with Crippen molar-refractivity contribution in [3.63, 3.8) is 0 Å². The maximum atomic E-state index is 11.6. The van der Waals surface area contributed by atoms with Gasteiger partial charge in [-0.1, -0.05) is 23.9 Å². The maximum Gasteiger partial charge on any atom is 0.270 e. The van der Waals surface area contributed by atoms with Crippen LogP contribution in [0.25, 0.3) is 0 Å². The molecule has 0 aromatic heterocycles. The maximum absolute atomic E-state index is 11.6. The molecule has 0 radical (unpaired) electrons. The molecule has 6 nitrogen and oxygen atoms in total. The van der Waals surface area contributed by atoms with Gasteiger partial charge in [-0.15, -0.1) is 0 Å². The molecule has 0 amide bonds. The van der Waals surface area contributed by atoms with Gasteiger partial charge < -0.3 is 9.84 Å². The Kier molecular flexibility index (Phi) is 5.08. The molecule has 0 atom stereocenters. The minimum Gasteiger partial charge on any atom is -0.872 e. The first-order valence-corrected chi connectivity index (χ1v) is 6.68. The van der Waals surface area contributed by atoms with Crippen LogP contribution >= 0.6 is 0 Å². The number of benzene rings is 2. The van der Waals surface area contributed by atoms with Gasteiger partial charge in [-0.3, -0.25) is 15.1 Å². The lowest BCUT2D eigenvalue weighted by Crippen LogP contribution is -1.99. The van der Waals surface area contributed by atoms with E-state index in [1.54, 1.807) is 7.11 Å². The molecule has 114 valence electrons. The van der Waals surface area contributed by atoms with Gasteiger partial charge in [0.2, 0.25) is 0 Å². The molecule has 0 saturated heterocycles. The van der Waals surface area contributed by atoms with Crippen LogP contribution in [-0.2, 0) is 6.42 Å². The van der Waals surface area contributed by atoms with E-state index in [1.165, 1.54) is 24.4 Å². The van der Waals surface area contributed by atoms with E-state index in [0.717, 1.165) is 11.3 Å². The van der Waals surface area contributed by atoms with Gasteiger partial charge in [0.05, 0.1) is 12.0 Å². The predicted molar refractivity (Wildman–Crippen MR) is 81.7 cm³/mol. The summed E-state index contributed by atoms with van der Waals surface area (Å²) in [4.78, 5) is 14.3. The van der Waals surface area contributed by atoms with E-state index >= 15 is 0 Å². The molecule has 2 rings (SSSR count). The molecule has 0 spiro atoms. The SMILES string of the molecule is COc1ccc(CCN=Cc2cc([N+](=O)[O-])ccc2[O-])cc1. The highest BCUT2D eigenvalue weighted by Crippen LogP contribution is 2.19. The summed E-state index contributed by atoms with van der Waals surface area (Å²) in [6, 6.07) is 11.2. The van der Waals surface area contributed by atoms with Crippen LogP contribution in [0.3, 0.4) is 0 Å². The van der Waals surface area contributed by atoms with Gasteiger partial charge in [-0.25, -0.2) is 0 Å². The van der Waals surface area contributed by atoms with Crippen LogP contribution in [-0.4, -0.2) is 24.8 Å². The summed E-state index contributed by atoms with van der Waals surface area (Å²) >= 11 is 0. The molecule has 0 aliphatic rings. The monoisotopic (exact) mass is 299 g/mol. The van der Waals surface area contributed by atoms with Gasteiger partial charge in [0.15, 0.2) is 0 Å². The quantitative estimate of drug-likeness (QED) is 0.465. The summed E-state index contributed by atoms with van der Waals surface area (Å²) in [5.41, 5.74) is 1.21. The third-order valence-corrected chi connectivity index (χ3v) is 3.12. The van der Waals surface area contributed by atoms with Crippen LogP contribution in [0.1, 0.15) is 11.1 Å². The zero-order valence-electron chi connectivity index (χ0n) is 12.1. The van der Waals surface area contributed by atoms with Crippen molar-refractivity contribution in [1.82, 2.24) is 0 Å². The fourth-order valence-electron chi connectivity index (χ4n) is 1.90. The summed E-state index contributed by atoms with van der Waals surface area (Å²) in [6.07, 6.45) is 2.10. The minimum atomic E-state index is -0.534. The number of nitrogens with zero attached hydrogens (tertiary/aromatic N) is 2. The zero-order valence-corrected chi connectivity index (χ0v) is 12.1. The van der Waals surface area contributed by atoms with Crippen molar-refractivity contribution in [2.75, 3.05) is 13.7 Å². The van der Waals surface area contributed by atoms with Gasteiger partial charge in [0.1, 0.15) is 5.75 Å². The van der Waals surface area contributed by atoms with Crippen molar-refractivity contribution in [2.24, 2.45) is 4.99 Å². The lowest BCUT2D eigenvalue weighted by molar-refractivity contribution is -0.385. The van der Waals surface area contributed by atoms with Gasteiger partial charge in [0.25, 0.3) is 5.69 Å². The number of aliphatic imine (C=N–C) groups is 1. The lowest BCUT2D eigenvalue weighted by atomic mass is 10.1. The molecule has 22 heavy (non-hydrogen) atoms. The Morgan fingerprint density at radius 3 is 2.59 bits per heavy atom. The van der Waals surface area contributed by atoms with Crippen LogP contribution in [0.15, 0.2) is 47.5 Å².